The van der Waals surface area contributed by atoms with E-state index < -0.39 is 5.54 Å². The highest BCUT2D eigenvalue weighted by atomic mass is 16.5. The second-order valence-electron chi connectivity index (χ2n) is 5.40. The monoisotopic (exact) mass is 274 g/mol. The smallest absolute Gasteiger partial charge is 0.119 e. The summed E-state index contributed by atoms with van der Waals surface area (Å²) in [5.74, 6) is 0.835. The highest BCUT2D eigenvalue weighted by molar-refractivity contribution is 5.28. The molecule has 1 aromatic carbocycles. The van der Waals surface area contributed by atoms with Crippen LogP contribution in [0.4, 0.5) is 0 Å². The van der Waals surface area contributed by atoms with Crippen molar-refractivity contribution in [3.63, 3.8) is 0 Å². The van der Waals surface area contributed by atoms with Gasteiger partial charge in [-0.3, -0.25) is 0 Å². The van der Waals surface area contributed by atoms with E-state index in [4.69, 9.17) is 9.84 Å². The average Bonchev–Trinajstić information content (AvgIpc) is 2.50. The number of hydrogen-bond acceptors (Lipinski definition) is 4. The van der Waals surface area contributed by atoms with Crippen LogP contribution in [0.3, 0.4) is 0 Å². The van der Waals surface area contributed by atoms with E-state index in [2.05, 4.69) is 11.4 Å². The van der Waals surface area contributed by atoms with Gasteiger partial charge in [-0.1, -0.05) is 12.1 Å². The minimum Gasteiger partial charge on any atom is -0.490 e. The maximum Gasteiger partial charge on any atom is 0.119 e. The van der Waals surface area contributed by atoms with Crippen molar-refractivity contribution in [2.24, 2.45) is 0 Å². The Labute approximate surface area is 120 Å². The molecule has 108 valence electrons. The van der Waals surface area contributed by atoms with Crippen molar-refractivity contribution in [3.8, 4) is 11.8 Å². The number of hydrogen-bond donors (Lipinski definition) is 2. The van der Waals surface area contributed by atoms with Gasteiger partial charge in [0, 0.05) is 13.0 Å². The van der Waals surface area contributed by atoms with Crippen LogP contribution in [-0.4, -0.2) is 30.4 Å². The lowest BCUT2D eigenvalue weighted by atomic mass is 9.81. The molecule has 0 heterocycles. The molecule has 0 aliphatic heterocycles. The van der Waals surface area contributed by atoms with E-state index in [0.29, 0.717) is 6.42 Å². The Kier molecular flexibility index (Phi) is 4.99. The van der Waals surface area contributed by atoms with Crippen LogP contribution in [0, 0.1) is 11.3 Å². The van der Waals surface area contributed by atoms with E-state index in [1.54, 1.807) is 0 Å². The van der Waals surface area contributed by atoms with Gasteiger partial charge in [-0.2, -0.15) is 5.26 Å². The van der Waals surface area contributed by atoms with E-state index in [1.165, 1.54) is 0 Å². The number of aliphatic hydroxyl groups is 1. The number of nitrogens with one attached hydrogen (secondary N) is 1. The first-order chi connectivity index (χ1) is 9.71. The van der Waals surface area contributed by atoms with Crippen molar-refractivity contribution >= 4 is 0 Å². The van der Waals surface area contributed by atoms with Gasteiger partial charge in [-0.05, 0) is 50.4 Å². The molecule has 0 amide bonds. The summed E-state index contributed by atoms with van der Waals surface area (Å²) in [6.07, 6.45) is 4.35. The fourth-order valence-electron chi connectivity index (χ4n) is 2.77. The minimum absolute atomic E-state index is 0.0829. The van der Waals surface area contributed by atoms with Crippen molar-refractivity contribution in [1.82, 2.24) is 5.32 Å². The molecule has 0 radical (unpaired) electrons. The fraction of sp³-hybridized carbons (Fsp3) is 0.562. The molecule has 1 aromatic rings. The zero-order valence-electron chi connectivity index (χ0n) is 11.9. The zero-order valence-corrected chi connectivity index (χ0v) is 11.9. The van der Waals surface area contributed by atoms with Gasteiger partial charge >= 0.3 is 0 Å². The van der Waals surface area contributed by atoms with Crippen molar-refractivity contribution in [2.75, 3.05) is 13.7 Å². The van der Waals surface area contributed by atoms with Gasteiger partial charge in [0.15, 0.2) is 0 Å². The van der Waals surface area contributed by atoms with Gasteiger partial charge in [0.25, 0.3) is 0 Å². The van der Waals surface area contributed by atoms with Crippen LogP contribution in [0.1, 0.15) is 31.2 Å². The van der Waals surface area contributed by atoms with Crippen molar-refractivity contribution < 1.29 is 9.84 Å². The Bertz CT molecular complexity index is 466. The molecule has 2 unspecified atom stereocenters. The van der Waals surface area contributed by atoms with Crippen LogP contribution in [0.25, 0.3) is 0 Å². The third kappa shape index (κ3) is 3.50. The predicted molar refractivity (Wildman–Crippen MR) is 77.5 cm³/mol. The van der Waals surface area contributed by atoms with E-state index in [1.807, 2.05) is 31.3 Å². The summed E-state index contributed by atoms with van der Waals surface area (Å²) in [5.41, 5.74) is 0.657. The summed E-state index contributed by atoms with van der Waals surface area (Å²) in [6, 6.07) is 10.2. The van der Waals surface area contributed by atoms with Crippen molar-refractivity contribution in [1.29, 1.82) is 5.26 Å². The number of aliphatic hydroxyl groups excluding tert-OH is 1. The van der Waals surface area contributed by atoms with Gasteiger partial charge in [-0.25, -0.2) is 0 Å². The van der Waals surface area contributed by atoms with Gasteiger partial charge in [-0.15, -0.1) is 0 Å². The standard InChI is InChI=1S/C16H22N2O2/c1-18-16(12-17)9-2-3-15(11-16)20-14-6-4-13(5-7-14)8-10-19/h4-7,15,18-19H,2-3,8-11H2,1H3. The number of nitriles is 1. The molecule has 2 atom stereocenters. The normalized spacial score (nSPS) is 25.9. The molecule has 2 N–H and O–H groups in total. The van der Waals surface area contributed by atoms with Gasteiger partial charge in [0.05, 0.1) is 6.07 Å². The maximum absolute atomic E-state index is 9.33. The Morgan fingerprint density at radius 2 is 2.20 bits per heavy atom. The van der Waals surface area contributed by atoms with Gasteiger partial charge in [0.2, 0.25) is 0 Å². The maximum atomic E-state index is 9.33. The van der Waals surface area contributed by atoms with Gasteiger partial charge < -0.3 is 15.2 Å². The number of ether oxygens (including phenoxy) is 1. The molecule has 0 saturated heterocycles. The summed E-state index contributed by atoms with van der Waals surface area (Å²) >= 11 is 0. The third-order valence-corrected chi connectivity index (χ3v) is 4.02. The molecule has 1 saturated carbocycles. The molecule has 0 aromatic heterocycles. The average molecular weight is 274 g/mol. The molecule has 20 heavy (non-hydrogen) atoms. The highest BCUT2D eigenvalue weighted by Crippen LogP contribution is 2.30. The first-order valence-corrected chi connectivity index (χ1v) is 7.18. The number of rotatable bonds is 5. The summed E-state index contributed by atoms with van der Waals surface area (Å²) in [4.78, 5) is 0. The topological polar surface area (TPSA) is 65.3 Å². The van der Waals surface area contributed by atoms with Crippen LogP contribution >= 0.6 is 0 Å². The minimum atomic E-state index is -0.445. The lowest BCUT2D eigenvalue weighted by molar-refractivity contribution is 0.116. The summed E-state index contributed by atoms with van der Waals surface area (Å²) in [6.45, 7) is 0.162. The van der Waals surface area contributed by atoms with Gasteiger partial charge in [0.1, 0.15) is 17.4 Å². The highest BCUT2D eigenvalue weighted by Gasteiger charge is 2.36. The molecule has 0 spiro atoms. The predicted octanol–water partition coefficient (Wildman–Crippen LogP) is 2.02. The molecular weight excluding hydrogens is 252 g/mol. The first kappa shape index (κ1) is 14.8. The van der Waals surface area contributed by atoms with Crippen LogP contribution in [0.15, 0.2) is 24.3 Å². The van der Waals surface area contributed by atoms with E-state index >= 15 is 0 Å². The first-order valence-electron chi connectivity index (χ1n) is 7.18. The van der Waals surface area contributed by atoms with Crippen LogP contribution in [-0.2, 0) is 6.42 Å². The molecule has 2 rings (SSSR count). The Morgan fingerprint density at radius 1 is 1.45 bits per heavy atom. The summed E-state index contributed by atoms with van der Waals surface area (Å²) in [5, 5.41) is 21.4. The molecule has 4 heteroatoms. The molecule has 1 aliphatic rings. The Morgan fingerprint density at radius 3 is 2.80 bits per heavy atom. The lowest BCUT2D eigenvalue weighted by Crippen LogP contribution is -2.48. The van der Waals surface area contributed by atoms with Crippen LogP contribution in [0.2, 0.25) is 0 Å². The third-order valence-electron chi connectivity index (χ3n) is 4.02. The molecule has 1 fully saturated rings. The number of nitrogens with zero attached hydrogens (tertiary/aromatic N) is 1. The lowest BCUT2D eigenvalue weighted by Gasteiger charge is -2.35. The number of benzene rings is 1. The van der Waals surface area contributed by atoms with Crippen LogP contribution in [0.5, 0.6) is 5.75 Å². The summed E-state index contributed by atoms with van der Waals surface area (Å²) in [7, 11) is 1.84. The zero-order chi connectivity index (χ0) is 14.4. The van der Waals surface area contributed by atoms with E-state index in [0.717, 1.165) is 37.0 Å². The Balaban J connectivity index is 1.97. The van der Waals surface area contributed by atoms with Crippen LogP contribution < -0.4 is 10.1 Å². The van der Waals surface area contributed by atoms with Crippen molar-refractivity contribution in [3.05, 3.63) is 29.8 Å². The Hall–Kier alpha value is -1.57. The SMILES string of the molecule is CNC1(C#N)CCCC(Oc2ccc(CCO)cc2)C1. The van der Waals surface area contributed by atoms with Crippen molar-refractivity contribution in [2.45, 2.75) is 43.7 Å². The van der Waals surface area contributed by atoms with E-state index in [9.17, 15) is 5.26 Å². The second-order valence-corrected chi connectivity index (χ2v) is 5.40. The summed E-state index contributed by atoms with van der Waals surface area (Å²) < 4.78 is 5.99. The quantitative estimate of drug-likeness (QED) is 0.862. The van der Waals surface area contributed by atoms with E-state index in [-0.39, 0.29) is 12.7 Å². The molecule has 1 aliphatic carbocycles. The molecule has 4 nitrogen and oxygen atoms in total. The largest absolute Gasteiger partial charge is 0.490 e. The molecule has 0 bridgehead atoms. The molecular formula is C16H22N2O2. The second kappa shape index (κ2) is 6.74. The fourth-order valence-corrected chi connectivity index (χ4v) is 2.77.